The van der Waals surface area contributed by atoms with Crippen LogP contribution in [0, 0.1) is 11.8 Å². The fourth-order valence-corrected chi connectivity index (χ4v) is 3.13. The molecule has 1 aromatic carbocycles. The fourth-order valence-electron chi connectivity index (χ4n) is 2.81. The maximum absolute atomic E-state index is 6.47. The summed E-state index contributed by atoms with van der Waals surface area (Å²) < 4.78 is 0. The lowest BCUT2D eigenvalue weighted by Crippen LogP contribution is -2.21. The molecular weight excluding hydrogens is 268 g/mol. The number of halogens is 1. The molecule has 1 aromatic rings. The predicted molar refractivity (Wildman–Crippen MR) is 88.6 cm³/mol. The highest BCUT2D eigenvalue weighted by Crippen LogP contribution is 2.32. The summed E-state index contributed by atoms with van der Waals surface area (Å²) in [5, 5.41) is 4.36. The van der Waals surface area contributed by atoms with E-state index in [1.807, 2.05) is 0 Å². The van der Waals surface area contributed by atoms with Crippen LogP contribution in [-0.4, -0.2) is 19.6 Å². The van der Waals surface area contributed by atoms with Crippen molar-refractivity contribution in [1.82, 2.24) is 5.32 Å². The molecule has 0 radical (unpaired) electrons. The number of hydrogen-bond acceptors (Lipinski definition) is 2. The van der Waals surface area contributed by atoms with Crippen LogP contribution in [0.4, 0.5) is 5.69 Å². The molecule has 1 N–H and O–H groups in total. The molecular formula is C17H27ClN2. The lowest BCUT2D eigenvalue weighted by atomic mass is 10.1. The molecule has 1 aliphatic heterocycles. The van der Waals surface area contributed by atoms with Gasteiger partial charge in [-0.05, 0) is 42.5 Å². The minimum absolute atomic E-state index is 0.681. The molecule has 0 spiro atoms. The van der Waals surface area contributed by atoms with E-state index in [9.17, 15) is 0 Å². The molecule has 1 saturated heterocycles. The van der Waals surface area contributed by atoms with Gasteiger partial charge < -0.3 is 10.2 Å². The third kappa shape index (κ3) is 4.13. The normalized spacial score (nSPS) is 19.1. The zero-order valence-corrected chi connectivity index (χ0v) is 13.7. The van der Waals surface area contributed by atoms with E-state index in [0.29, 0.717) is 5.92 Å². The summed E-state index contributed by atoms with van der Waals surface area (Å²) >= 11 is 6.47. The second-order valence-corrected chi connectivity index (χ2v) is 6.73. The largest absolute Gasteiger partial charge is 0.370 e. The molecule has 0 bridgehead atoms. The summed E-state index contributed by atoms with van der Waals surface area (Å²) in [6.07, 6.45) is 2.57. The van der Waals surface area contributed by atoms with Crippen molar-refractivity contribution in [2.75, 3.05) is 24.5 Å². The molecule has 20 heavy (non-hydrogen) atoms. The van der Waals surface area contributed by atoms with E-state index in [-0.39, 0.29) is 0 Å². The van der Waals surface area contributed by atoms with Crippen LogP contribution in [-0.2, 0) is 6.54 Å². The third-order valence-corrected chi connectivity index (χ3v) is 4.40. The van der Waals surface area contributed by atoms with Gasteiger partial charge in [0, 0.05) is 19.6 Å². The number of nitrogens with zero attached hydrogens (tertiary/aromatic N) is 1. The van der Waals surface area contributed by atoms with Crippen LogP contribution in [0.25, 0.3) is 0 Å². The average Bonchev–Trinajstić information content (AvgIpc) is 2.87. The van der Waals surface area contributed by atoms with E-state index >= 15 is 0 Å². The molecule has 1 aliphatic rings. The van der Waals surface area contributed by atoms with Gasteiger partial charge >= 0.3 is 0 Å². The summed E-state index contributed by atoms with van der Waals surface area (Å²) in [6, 6.07) is 6.50. The lowest BCUT2D eigenvalue weighted by molar-refractivity contribution is 0.552. The number of rotatable bonds is 6. The summed E-state index contributed by atoms with van der Waals surface area (Å²) in [4.78, 5) is 2.43. The Bertz CT molecular complexity index is 431. The van der Waals surface area contributed by atoms with Crippen molar-refractivity contribution in [3.63, 3.8) is 0 Å². The first-order valence-electron chi connectivity index (χ1n) is 7.84. The van der Waals surface area contributed by atoms with Crippen LogP contribution in [0.5, 0.6) is 0 Å². The molecule has 0 aromatic heterocycles. The van der Waals surface area contributed by atoms with E-state index in [1.165, 1.54) is 24.1 Å². The van der Waals surface area contributed by atoms with Gasteiger partial charge in [0.05, 0.1) is 10.7 Å². The van der Waals surface area contributed by atoms with Crippen molar-refractivity contribution in [3.8, 4) is 0 Å². The Morgan fingerprint density at radius 2 is 2.20 bits per heavy atom. The van der Waals surface area contributed by atoms with Gasteiger partial charge in [-0.3, -0.25) is 0 Å². The van der Waals surface area contributed by atoms with Crippen LogP contribution < -0.4 is 10.2 Å². The number of benzene rings is 1. The van der Waals surface area contributed by atoms with Crippen LogP contribution in [0.2, 0.25) is 5.02 Å². The van der Waals surface area contributed by atoms with E-state index in [2.05, 4.69) is 49.2 Å². The standard InChI is InChI=1S/C17H27ClN2/c1-4-14-7-8-20(12-14)17-6-5-15(9-16(17)18)11-19-10-13(2)3/h5-6,9,13-14,19H,4,7-8,10-12H2,1-3H3. The highest BCUT2D eigenvalue weighted by atomic mass is 35.5. The topological polar surface area (TPSA) is 15.3 Å². The average molecular weight is 295 g/mol. The quantitative estimate of drug-likeness (QED) is 0.840. The number of nitrogens with one attached hydrogen (secondary N) is 1. The second-order valence-electron chi connectivity index (χ2n) is 6.32. The maximum atomic E-state index is 6.47. The summed E-state index contributed by atoms with van der Waals surface area (Å²) in [5.41, 5.74) is 2.47. The highest BCUT2D eigenvalue weighted by molar-refractivity contribution is 6.33. The van der Waals surface area contributed by atoms with Crippen LogP contribution in [0.1, 0.15) is 39.2 Å². The zero-order chi connectivity index (χ0) is 14.5. The molecule has 0 amide bonds. The van der Waals surface area contributed by atoms with Gasteiger partial charge in [-0.1, -0.05) is 44.9 Å². The van der Waals surface area contributed by atoms with Crippen molar-refractivity contribution in [2.24, 2.45) is 11.8 Å². The Hall–Kier alpha value is -0.730. The van der Waals surface area contributed by atoms with Gasteiger partial charge in [0.25, 0.3) is 0 Å². The minimum atomic E-state index is 0.681. The van der Waals surface area contributed by atoms with Crippen LogP contribution in [0.15, 0.2) is 18.2 Å². The monoisotopic (exact) mass is 294 g/mol. The molecule has 0 saturated carbocycles. The maximum Gasteiger partial charge on any atom is 0.0642 e. The van der Waals surface area contributed by atoms with Gasteiger partial charge in [-0.25, -0.2) is 0 Å². The first-order valence-corrected chi connectivity index (χ1v) is 8.22. The van der Waals surface area contributed by atoms with E-state index in [4.69, 9.17) is 11.6 Å². The smallest absolute Gasteiger partial charge is 0.0642 e. The first-order chi connectivity index (χ1) is 9.60. The fraction of sp³-hybridized carbons (Fsp3) is 0.647. The molecule has 0 aliphatic carbocycles. The molecule has 1 heterocycles. The summed E-state index contributed by atoms with van der Waals surface area (Å²) in [6.45, 7) is 11.0. The van der Waals surface area contributed by atoms with Gasteiger partial charge in [-0.2, -0.15) is 0 Å². The van der Waals surface area contributed by atoms with Crippen molar-refractivity contribution in [2.45, 2.75) is 40.2 Å². The Kier molecular flexibility index (Phi) is 5.74. The number of anilines is 1. The summed E-state index contributed by atoms with van der Waals surface area (Å²) in [5.74, 6) is 1.51. The molecule has 1 atom stereocenters. The molecule has 2 nitrogen and oxygen atoms in total. The third-order valence-electron chi connectivity index (χ3n) is 4.10. The van der Waals surface area contributed by atoms with E-state index in [1.54, 1.807) is 0 Å². The zero-order valence-electron chi connectivity index (χ0n) is 13.0. The van der Waals surface area contributed by atoms with E-state index in [0.717, 1.165) is 37.1 Å². The molecule has 2 rings (SSSR count). The van der Waals surface area contributed by atoms with Gasteiger partial charge in [0.2, 0.25) is 0 Å². The molecule has 1 fully saturated rings. The molecule has 112 valence electrons. The van der Waals surface area contributed by atoms with Crippen LogP contribution >= 0.6 is 11.6 Å². The van der Waals surface area contributed by atoms with E-state index < -0.39 is 0 Å². The van der Waals surface area contributed by atoms with Crippen molar-refractivity contribution in [3.05, 3.63) is 28.8 Å². The second kappa shape index (κ2) is 7.33. The van der Waals surface area contributed by atoms with Gasteiger partial charge in [0.15, 0.2) is 0 Å². The first kappa shape index (κ1) is 15.7. The molecule has 1 unspecified atom stereocenters. The van der Waals surface area contributed by atoms with Crippen molar-refractivity contribution >= 4 is 17.3 Å². The molecule has 3 heteroatoms. The van der Waals surface area contributed by atoms with Crippen LogP contribution in [0.3, 0.4) is 0 Å². The minimum Gasteiger partial charge on any atom is -0.370 e. The SMILES string of the molecule is CCC1CCN(c2ccc(CNCC(C)C)cc2Cl)C1. The Labute approximate surface area is 128 Å². The predicted octanol–water partition coefficient (Wildman–Crippen LogP) is 4.32. The van der Waals surface area contributed by atoms with Gasteiger partial charge in [0.1, 0.15) is 0 Å². The van der Waals surface area contributed by atoms with Crippen molar-refractivity contribution in [1.29, 1.82) is 0 Å². The summed E-state index contributed by atoms with van der Waals surface area (Å²) in [7, 11) is 0. The Morgan fingerprint density at radius 3 is 2.80 bits per heavy atom. The number of hydrogen-bond donors (Lipinski definition) is 1. The Balaban J connectivity index is 1.96. The van der Waals surface area contributed by atoms with Crippen molar-refractivity contribution < 1.29 is 0 Å². The lowest BCUT2D eigenvalue weighted by Gasteiger charge is -2.20. The highest BCUT2D eigenvalue weighted by Gasteiger charge is 2.22. The Morgan fingerprint density at radius 1 is 1.40 bits per heavy atom. The van der Waals surface area contributed by atoms with Gasteiger partial charge in [-0.15, -0.1) is 0 Å².